The van der Waals surface area contributed by atoms with Gasteiger partial charge in [0.1, 0.15) is 0 Å². The molecule has 108 valence electrons. The van der Waals surface area contributed by atoms with Crippen LogP contribution in [0.3, 0.4) is 0 Å². The standard InChI is InChI=1S/C15H16N4O2/c1-2-12-9-16-18-13(12)7-10(1)8-14-17-15(21-19-14)11-3-5-20-6-4-11/h1-2,7,9,11H,3-6,8H2,(H,16,18). The molecule has 1 aliphatic rings. The molecule has 3 heterocycles. The molecule has 1 aromatic carbocycles. The number of hydrogen-bond acceptors (Lipinski definition) is 5. The van der Waals surface area contributed by atoms with Crippen molar-refractivity contribution in [2.24, 2.45) is 0 Å². The molecule has 1 fully saturated rings. The van der Waals surface area contributed by atoms with Gasteiger partial charge in [0.2, 0.25) is 5.89 Å². The van der Waals surface area contributed by atoms with Crippen LogP contribution in [0.2, 0.25) is 0 Å². The molecule has 0 saturated carbocycles. The number of hydrogen-bond donors (Lipinski definition) is 1. The molecule has 21 heavy (non-hydrogen) atoms. The molecule has 0 bridgehead atoms. The fraction of sp³-hybridized carbons (Fsp3) is 0.400. The minimum atomic E-state index is 0.343. The lowest BCUT2D eigenvalue weighted by molar-refractivity contribution is 0.0778. The smallest absolute Gasteiger partial charge is 0.229 e. The summed E-state index contributed by atoms with van der Waals surface area (Å²) in [5.41, 5.74) is 2.17. The molecule has 4 rings (SSSR count). The second kappa shape index (κ2) is 5.29. The van der Waals surface area contributed by atoms with Gasteiger partial charge in [-0.15, -0.1) is 0 Å². The average molecular weight is 284 g/mol. The molecule has 1 aliphatic heterocycles. The van der Waals surface area contributed by atoms with Crippen molar-refractivity contribution in [2.45, 2.75) is 25.2 Å². The Morgan fingerprint density at radius 3 is 3.05 bits per heavy atom. The first-order valence-corrected chi connectivity index (χ1v) is 7.21. The van der Waals surface area contributed by atoms with E-state index in [0.717, 1.165) is 54.2 Å². The van der Waals surface area contributed by atoms with Gasteiger partial charge in [-0.05, 0) is 24.5 Å². The Kier molecular flexibility index (Phi) is 3.16. The van der Waals surface area contributed by atoms with Crippen molar-refractivity contribution in [3.63, 3.8) is 0 Å². The van der Waals surface area contributed by atoms with Crippen LogP contribution in [0.4, 0.5) is 0 Å². The Morgan fingerprint density at radius 2 is 2.14 bits per heavy atom. The zero-order valence-corrected chi connectivity index (χ0v) is 11.6. The van der Waals surface area contributed by atoms with Crippen molar-refractivity contribution >= 4 is 10.9 Å². The third-order valence-corrected chi connectivity index (χ3v) is 3.92. The Bertz CT molecular complexity index is 743. The second-order valence-electron chi connectivity index (χ2n) is 5.40. The quantitative estimate of drug-likeness (QED) is 0.799. The number of nitrogens with zero attached hydrogens (tertiary/aromatic N) is 3. The van der Waals surface area contributed by atoms with Gasteiger partial charge in [-0.1, -0.05) is 17.3 Å². The Hall–Kier alpha value is -2.21. The molecule has 1 saturated heterocycles. The van der Waals surface area contributed by atoms with Crippen molar-refractivity contribution < 1.29 is 9.26 Å². The lowest BCUT2D eigenvalue weighted by atomic mass is 10.0. The summed E-state index contributed by atoms with van der Waals surface area (Å²) in [5.74, 6) is 1.82. The molecule has 0 aliphatic carbocycles. The predicted molar refractivity (Wildman–Crippen MR) is 76.0 cm³/mol. The van der Waals surface area contributed by atoms with Gasteiger partial charge >= 0.3 is 0 Å². The van der Waals surface area contributed by atoms with Crippen molar-refractivity contribution in [3.05, 3.63) is 41.7 Å². The summed E-state index contributed by atoms with van der Waals surface area (Å²) in [5, 5.41) is 12.2. The van der Waals surface area contributed by atoms with Crippen LogP contribution in [0.5, 0.6) is 0 Å². The van der Waals surface area contributed by atoms with Crippen LogP contribution in [0.25, 0.3) is 10.9 Å². The molecule has 6 heteroatoms. The zero-order chi connectivity index (χ0) is 14.1. The molecular formula is C15H16N4O2. The van der Waals surface area contributed by atoms with Crippen LogP contribution in [0.15, 0.2) is 28.9 Å². The molecule has 0 radical (unpaired) electrons. The van der Waals surface area contributed by atoms with E-state index in [1.165, 1.54) is 0 Å². The van der Waals surface area contributed by atoms with Crippen LogP contribution < -0.4 is 0 Å². The summed E-state index contributed by atoms with van der Waals surface area (Å²) in [6, 6.07) is 6.20. The summed E-state index contributed by atoms with van der Waals surface area (Å²) in [6.07, 6.45) is 4.40. The van der Waals surface area contributed by atoms with E-state index < -0.39 is 0 Å². The van der Waals surface area contributed by atoms with Gasteiger partial charge in [-0.2, -0.15) is 10.1 Å². The van der Waals surface area contributed by atoms with Crippen LogP contribution in [-0.2, 0) is 11.2 Å². The lowest BCUT2D eigenvalue weighted by Gasteiger charge is -2.17. The monoisotopic (exact) mass is 284 g/mol. The Balaban J connectivity index is 1.52. The van der Waals surface area contributed by atoms with E-state index in [1.54, 1.807) is 0 Å². The van der Waals surface area contributed by atoms with Crippen LogP contribution >= 0.6 is 0 Å². The highest BCUT2D eigenvalue weighted by Crippen LogP contribution is 2.25. The predicted octanol–water partition coefficient (Wildman–Crippen LogP) is 2.43. The first-order valence-electron chi connectivity index (χ1n) is 7.21. The minimum absolute atomic E-state index is 0.343. The van der Waals surface area contributed by atoms with E-state index in [1.807, 2.05) is 12.3 Å². The van der Waals surface area contributed by atoms with E-state index in [9.17, 15) is 0 Å². The highest BCUT2D eigenvalue weighted by molar-refractivity contribution is 5.78. The third-order valence-electron chi connectivity index (χ3n) is 3.92. The number of H-pyrrole nitrogens is 1. The number of nitrogens with one attached hydrogen (secondary N) is 1. The van der Waals surface area contributed by atoms with Crippen molar-refractivity contribution in [3.8, 4) is 0 Å². The van der Waals surface area contributed by atoms with Crippen molar-refractivity contribution in [1.29, 1.82) is 0 Å². The fourth-order valence-corrected chi connectivity index (χ4v) is 2.73. The van der Waals surface area contributed by atoms with Crippen molar-refractivity contribution in [1.82, 2.24) is 20.3 Å². The number of fused-ring (bicyclic) bond motifs is 1. The largest absolute Gasteiger partial charge is 0.381 e. The van der Waals surface area contributed by atoms with Gasteiger partial charge in [0.25, 0.3) is 0 Å². The van der Waals surface area contributed by atoms with Gasteiger partial charge in [-0.3, -0.25) is 5.10 Å². The lowest BCUT2D eigenvalue weighted by Crippen LogP contribution is -2.14. The molecule has 0 unspecified atom stereocenters. The molecule has 0 spiro atoms. The third kappa shape index (κ3) is 2.54. The first-order chi connectivity index (χ1) is 10.4. The first kappa shape index (κ1) is 12.5. The minimum Gasteiger partial charge on any atom is -0.381 e. The Labute approximate surface area is 121 Å². The van der Waals surface area contributed by atoms with Gasteiger partial charge < -0.3 is 9.26 Å². The molecule has 3 aromatic rings. The maximum atomic E-state index is 5.41. The highest BCUT2D eigenvalue weighted by atomic mass is 16.5. The molecule has 6 nitrogen and oxygen atoms in total. The number of aromatic nitrogens is 4. The maximum absolute atomic E-state index is 5.41. The van der Waals surface area contributed by atoms with E-state index in [-0.39, 0.29) is 0 Å². The maximum Gasteiger partial charge on any atom is 0.229 e. The second-order valence-corrected chi connectivity index (χ2v) is 5.40. The summed E-state index contributed by atoms with van der Waals surface area (Å²) >= 11 is 0. The number of benzene rings is 1. The summed E-state index contributed by atoms with van der Waals surface area (Å²) in [6.45, 7) is 1.55. The summed E-state index contributed by atoms with van der Waals surface area (Å²) in [4.78, 5) is 4.54. The Morgan fingerprint density at radius 1 is 1.24 bits per heavy atom. The van der Waals surface area contributed by atoms with Gasteiger partial charge in [0, 0.05) is 30.9 Å². The van der Waals surface area contributed by atoms with Crippen LogP contribution in [-0.4, -0.2) is 33.6 Å². The SMILES string of the molecule is c1cc2cn[nH]c2cc1Cc1noc(C2CCOCC2)n1. The summed E-state index contributed by atoms with van der Waals surface area (Å²) in [7, 11) is 0. The molecule has 1 N–H and O–H groups in total. The van der Waals surface area contributed by atoms with Crippen LogP contribution in [0, 0.1) is 0 Å². The van der Waals surface area contributed by atoms with E-state index in [4.69, 9.17) is 9.26 Å². The topological polar surface area (TPSA) is 76.8 Å². The fourth-order valence-electron chi connectivity index (χ4n) is 2.73. The van der Waals surface area contributed by atoms with Crippen molar-refractivity contribution in [2.75, 3.05) is 13.2 Å². The number of rotatable bonds is 3. The van der Waals surface area contributed by atoms with Crippen LogP contribution in [0.1, 0.15) is 36.0 Å². The molecule has 0 atom stereocenters. The normalized spacial score (nSPS) is 16.6. The number of ether oxygens (including phenoxy) is 1. The molecular weight excluding hydrogens is 268 g/mol. The molecule has 2 aromatic heterocycles. The van der Waals surface area contributed by atoms with E-state index >= 15 is 0 Å². The average Bonchev–Trinajstić information content (AvgIpc) is 3.17. The number of aromatic amines is 1. The van der Waals surface area contributed by atoms with Gasteiger partial charge in [-0.25, -0.2) is 0 Å². The highest BCUT2D eigenvalue weighted by Gasteiger charge is 2.21. The molecule has 0 amide bonds. The van der Waals surface area contributed by atoms with Gasteiger partial charge in [0.05, 0.1) is 11.7 Å². The van der Waals surface area contributed by atoms with E-state index in [2.05, 4.69) is 32.5 Å². The summed E-state index contributed by atoms with van der Waals surface area (Å²) < 4.78 is 10.8. The van der Waals surface area contributed by atoms with E-state index in [0.29, 0.717) is 12.3 Å². The zero-order valence-electron chi connectivity index (χ0n) is 11.6. The van der Waals surface area contributed by atoms with Gasteiger partial charge in [0.15, 0.2) is 5.82 Å².